The Morgan fingerprint density at radius 2 is 1.55 bits per heavy atom. The van der Waals surface area contributed by atoms with Gasteiger partial charge in [-0.15, -0.1) is 0 Å². The van der Waals surface area contributed by atoms with E-state index in [1.165, 1.54) is 0 Å². The molecule has 5 nitrogen and oxygen atoms in total. The molecule has 2 aromatic carbocycles. The van der Waals surface area contributed by atoms with E-state index in [0.29, 0.717) is 10.0 Å². The molecule has 2 aromatic rings. The number of esters is 1. The van der Waals surface area contributed by atoms with Crippen LogP contribution in [0.2, 0.25) is 10.0 Å². The second-order valence-corrected chi connectivity index (χ2v) is 13.8. The fourth-order valence-electron chi connectivity index (χ4n) is 5.32. The van der Waals surface area contributed by atoms with Crippen molar-refractivity contribution in [2.75, 3.05) is 0 Å². The van der Waals surface area contributed by atoms with Gasteiger partial charge in [0.05, 0.1) is 6.04 Å². The first kappa shape index (κ1) is 30.5. The summed E-state index contributed by atoms with van der Waals surface area (Å²) in [7, 11) is 0. The predicted molar refractivity (Wildman–Crippen MR) is 156 cm³/mol. The van der Waals surface area contributed by atoms with Gasteiger partial charge >= 0.3 is 5.97 Å². The van der Waals surface area contributed by atoms with E-state index >= 15 is 0 Å². The van der Waals surface area contributed by atoms with Crippen molar-refractivity contribution < 1.29 is 14.3 Å². The maximum atomic E-state index is 14.0. The number of halogens is 2. The van der Waals surface area contributed by atoms with Gasteiger partial charge in [-0.05, 0) is 73.9 Å². The molecule has 7 heteroatoms. The average molecular weight is 562 g/mol. The molecule has 38 heavy (non-hydrogen) atoms. The van der Waals surface area contributed by atoms with Crippen LogP contribution < -0.4 is 10.6 Å². The zero-order valence-corrected chi connectivity index (χ0v) is 25.3. The summed E-state index contributed by atoms with van der Waals surface area (Å²) in [4.78, 5) is 27.0. The molecule has 0 aliphatic carbocycles. The Balaban J connectivity index is 2.06. The Bertz CT molecular complexity index is 1120. The van der Waals surface area contributed by atoms with Gasteiger partial charge in [0.1, 0.15) is 11.6 Å². The maximum Gasteiger partial charge on any atom is 0.329 e. The van der Waals surface area contributed by atoms with Gasteiger partial charge in [-0.25, -0.2) is 4.79 Å². The van der Waals surface area contributed by atoms with Gasteiger partial charge in [0.15, 0.2) is 0 Å². The first-order chi connectivity index (χ1) is 17.6. The van der Waals surface area contributed by atoms with Crippen LogP contribution >= 0.6 is 23.2 Å². The molecule has 0 bridgehead atoms. The molecule has 1 amide bonds. The third kappa shape index (κ3) is 7.97. The molecule has 0 unspecified atom stereocenters. The molecular weight excluding hydrogens is 519 g/mol. The highest BCUT2D eigenvalue weighted by Crippen LogP contribution is 2.47. The lowest BCUT2D eigenvalue weighted by Gasteiger charge is -2.30. The van der Waals surface area contributed by atoms with Crippen molar-refractivity contribution in [2.45, 2.75) is 97.4 Å². The fraction of sp³-hybridized carbons (Fsp3) is 0.548. The van der Waals surface area contributed by atoms with Gasteiger partial charge in [0.25, 0.3) is 0 Å². The second kappa shape index (κ2) is 12.0. The molecule has 1 aliphatic heterocycles. The van der Waals surface area contributed by atoms with Crippen LogP contribution in [0.1, 0.15) is 84.8 Å². The molecule has 0 spiro atoms. The van der Waals surface area contributed by atoms with Crippen LogP contribution in [-0.4, -0.2) is 35.6 Å². The minimum Gasteiger partial charge on any atom is -0.458 e. The molecule has 0 saturated carbocycles. The Hall–Kier alpha value is -2.08. The Labute approximate surface area is 238 Å². The number of benzene rings is 2. The molecule has 0 aromatic heterocycles. The summed E-state index contributed by atoms with van der Waals surface area (Å²) in [6.07, 6.45) is 0.848. The van der Waals surface area contributed by atoms with Gasteiger partial charge in [-0.3, -0.25) is 4.79 Å². The molecule has 208 valence electrons. The van der Waals surface area contributed by atoms with E-state index in [2.05, 4.69) is 31.4 Å². The molecule has 1 aliphatic rings. The van der Waals surface area contributed by atoms with Crippen molar-refractivity contribution >= 4 is 35.1 Å². The summed E-state index contributed by atoms with van der Waals surface area (Å²) >= 11 is 12.7. The van der Waals surface area contributed by atoms with Crippen molar-refractivity contribution in [3.8, 4) is 0 Å². The maximum absolute atomic E-state index is 14.0. The van der Waals surface area contributed by atoms with Crippen molar-refractivity contribution in [3.05, 3.63) is 69.7 Å². The van der Waals surface area contributed by atoms with E-state index < -0.39 is 23.7 Å². The number of carbonyl (C=O) groups excluding carboxylic acids is 2. The summed E-state index contributed by atoms with van der Waals surface area (Å²) in [6, 6.07) is 14.2. The lowest BCUT2D eigenvalue weighted by atomic mass is 9.74. The highest BCUT2D eigenvalue weighted by Gasteiger charge is 2.49. The molecule has 0 radical (unpaired) electrons. The van der Waals surface area contributed by atoms with Crippen molar-refractivity contribution in [3.63, 3.8) is 0 Å². The first-order valence-corrected chi connectivity index (χ1v) is 14.1. The van der Waals surface area contributed by atoms with Gasteiger partial charge in [-0.1, -0.05) is 82.1 Å². The van der Waals surface area contributed by atoms with E-state index in [0.717, 1.165) is 17.5 Å². The van der Waals surface area contributed by atoms with Crippen molar-refractivity contribution in [2.24, 2.45) is 11.3 Å². The smallest absolute Gasteiger partial charge is 0.329 e. The van der Waals surface area contributed by atoms with Crippen LogP contribution in [0.3, 0.4) is 0 Å². The normalized spacial score (nSPS) is 22.8. The van der Waals surface area contributed by atoms with Crippen LogP contribution in [0.15, 0.2) is 48.5 Å². The second-order valence-electron chi connectivity index (χ2n) is 12.9. The first-order valence-electron chi connectivity index (χ1n) is 13.4. The summed E-state index contributed by atoms with van der Waals surface area (Å²) in [6.45, 7) is 15.9. The standard InChI is InChI=1S/C31H42Cl2N2O3/c1-18(2)26(29(37)38-31(6,7)8)35-28(36)27-25(20-10-9-11-22(33)16-20)24(19-12-14-21(32)15-13-19)23(34-27)17-30(3,4)5/h9-16,18,23-27,34H,17H2,1-8H3,(H,35,36)/t23-,24+,25-,26+,27+/m1/s1. The Kier molecular flexibility index (Phi) is 9.60. The Morgan fingerprint density at radius 3 is 2.08 bits per heavy atom. The van der Waals surface area contributed by atoms with E-state index in [4.69, 9.17) is 27.9 Å². The van der Waals surface area contributed by atoms with E-state index in [9.17, 15) is 9.59 Å². The largest absolute Gasteiger partial charge is 0.458 e. The average Bonchev–Trinajstić information content (AvgIpc) is 3.14. The van der Waals surface area contributed by atoms with Gasteiger partial charge in [-0.2, -0.15) is 0 Å². The molecule has 2 N–H and O–H groups in total. The van der Waals surface area contributed by atoms with Crippen LogP contribution in [0.25, 0.3) is 0 Å². The molecule has 5 atom stereocenters. The molecule has 3 rings (SSSR count). The van der Waals surface area contributed by atoms with Crippen LogP contribution in [0, 0.1) is 11.3 Å². The highest BCUT2D eigenvalue weighted by atomic mass is 35.5. The number of nitrogens with one attached hydrogen (secondary N) is 2. The fourth-order valence-corrected chi connectivity index (χ4v) is 5.65. The number of amides is 1. The number of hydrogen-bond acceptors (Lipinski definition) is 4. The third-order valence-corrected chi connectivity index (χ3v) is 7.29. The van der Waals surface area contributed by atoms with Gasteiger partial charge in [0.2, 0.25) is 5.91 Å². The zero-order chi connectivity index (χ0) is 28.4. The Morgan fingerprint density at radius 1 is 0.921 bits per heavy atom. The zero-order valence-electron chi connectivity index (χ0n) is 23.8. The number of ether oxygens (including phenoxy) is 1. The molecular formula is C31H42Cl2N2O3. The van der Waals surface area contributed by atoms with Gasteiger partial charge in [0, 0.05) is 27.9 Å². The lowest BCUT2D eigenvalue weighted by molar-refractivity contribution is -0.160. The number of rotatable bonds is 7. The van der Waals surface area contributed by atoms with Crippen LogP contribution in [-0.2, 0) is 14.3 Å². The SMILES string of the molecule is CC(C)[C@H](NC(=O)[C@H]1N[C@H](CC(C)(C)C)[C@H](c2ccc(Cl)cc2)[C@H]1c1cccc(Cl)c1)C(=O)OC(C)(C)C. The minimum absolute atomic E-state index is 0.00920. The van der Waals surface area contributed by atoms with E-state index in [1.807, 2.05) is 83.1 Å². The summed E-state index contributed by atoms with van der Waals surface area (Å²) in [5.74, 6) is -1.03. The van der Waals surface area contributed by atoms with Crippen LogP contribution in [0.5, 0.6) is 0 Å². The van der Waals surface area contributed by atoms with E-state index in [-0.39, 0.29) is 35.1 Å². The highest BCUT2D eigenvalue weighted by molar-refractivity contribution is 6.30. The molecule has 1 heterocycles. The topological polar surface area (TPSA) is 67.4 Å². The summed E-state index contributed by atoms with van der Waals surface area (Å²) < 4.78 is 5.64. The van der Waals surface area contributed by atoms with Crippen molar-refractivity contribution in [1.29, 1.82) is 0 Å². The monoisotopic (exact) mass is 560 g/mol. The van der Waals surface area contributed by atoms with Gasteiger partial charge < -0.3 is 15.4 Å². The number of carbonyl (C=O) groups is 2. The van der Waals surface area contributed by atoms with Crippen molar-refractivity contribution in [1.82, 2.24) is 10.6 Å². The summed E-state index contributed by atoms with van der Waals surface area (Å²) in [5, 5.41) is 7.98. The quantitative estimate of drug-likeness (QED) is 0.353. The lowest BCUT2D eigenvalue weighted by Crippen LogP contribution is -2.53. The van der Waals surface area contributed by atoms with E-state index in [1.54, 1.807) is 0 Å². The predicted octanol–water partition coefficient (Wildman–Crippen LogP) is 7.12. The minimum atomic E-state index is -0.765. The summed E-state index contributed by atoms with van der Waals surface area (Å²) in [5.41, 5.74) is 1.44. The molecule has 1 fully saturated rings. The molecule has 1 saturated heterocycles. The third-order valence-electron chi connectivity index (χ3n) is 6.80. The number of hydrogen-bond donors (Lipinski definition) is 2. The van der Waals surface area contributed by atoms with Crippen LogP contribution in [0.4, 0.5) is 0 Å².